The molecule has 0 radical (unpaired) electrons. The quantitative estimate of drug-likeness (QED) is 0.699. The van der Waals surface area contributed by atoms with E-state index in [0.29, 0.717) is 0 Å². The summed E-state index contributed by atoms with van der Waals surface area (Å²) in [5, 5.41) is 11.6. The lowest BCUT2D eigenvalue weighted by atomic mass is 10.1. The molecule has 0 aliphatic rings. The third-order valence-electron chi connectivity index (χ3n) is 2.44. The molecule has 0 bridgehead atoms. The summed E-state index contributed by atoms with van der Waals surface area (Å²) in [6, 6.07) is 0.0146. The summed E-state index contributed by atoms with van der Waals surface area (Å²) in [5.41, 5.74) is -0.244. The van der Waals surface area contributed by atoms with Crippen molar-refractivity contribution in [3.63, 3.8) is 0 Å². The second-order valence-corrected chi connectivity index (χ2v) is 3.95. The summed E-state index contributed by atoms with van der Waals surface area (Å²) in [5.74, 6) is -1.64. The van der Waals surface area contributed by atoms with Crippen LogP contribution in [0.4, 0.5) is 0 Å². The molecule has 0 aliphatic carbocycles. The molecule has 0 saturated carbocycles. The van der Waals surface area contributed by atoms with Crippen molar-refractivity contribution in [2.24, 2.45) is 0 Å². The topological polar surface area (TPSA) is 95.1 Å². The molecule has 1 heterocycles. The number of carboxylic acid groups (broad SMARTS) is 1. The van der Waals surface area contributed by atoms with E-state index in [1.54, 1.807) is 0 Å². The van der Waals surface area contributed by atoms with Gasteiger partial charge in [0, 0.05) is 6.04 Å². The van der Waals surface area contributed by atoms with Crippen molar-refractivity contribution in [3.8, 4) is 0 Å². The first-order chi connectivity index (χ1) is 8.06. The highest BCUT2D eigenvalue weighted by molar-refractivity contribution is 6.02. The lowest BCUT2D eigenvalue weighted by Gasteiger charge is -2.12. The predicted octanol–water partition coefficient (Wildman–Crippen LogP) is 1.42. The molecular weight excluding hydrogens is 222 g/mol. The number of aromatic carboxylic acids is 1. The van der Waals surface area contributed by atoms with E-state index in [9.17, 15) is 9.59 Å². The standard InChI is InChI=1S/C11H17N3O3/c1-3-4-5-7(2)14-10(15)8-9(11(16)17)13-6-12-8/h6-7H,3-5H2,1-2H3,(H,12,13)(H,14,15)(H,16,17). The van der Waals surface area contributed by atoms with Crippen LogP contribution in [0.5, 0.6) is 0 Å². The molecule has 94 valence electrons. The van der Waals surface area contributed by atoms with Crippen molar-refractivity contribution < 1.29 is 14.7 Å². The Kier molecular flexibility index (Phi) is 4.68. The number of carbonyl (C=O) groups excluding carboxylic acids is 1. The summed E-state index contributed by atoms with van der Waals surface area (Å²) in [6.07, 6.45) is 4.15. The molecule has 6 nitrogen and oxygen atoms in total. The van der Waals surface area contributed by atoms with Crippen LogP contribution in [0, 0.1) is 0 Å². The Hall–Kier alpha value is -1.85. The van der Waals surface area contributed by atoms with Crippen LogP contribution in [-0.2, 0) is 0 Å². The van der Waals surface area contributed by atoms with Crippen LogP contribution in [0.15, 0.2) is 6.33 Å². The lowest BCUT2D eigenvalue weighted by molar-refractivity contribution is 0.0684. The minimum absolute atomic E-state index is 0.0146. The van der Waals surface area contributed by atoms with Crippen LogP contribution in [0.2, 0.25) is 0 Å². The van der Waals surface area contributed by atoms with Gasteiger partial charge in [-0.05, 0) is 13.3 Å². The minimum atomic E-state index is -1.19. The van der Waals surface area contributed by atoms with Crippen molar-refractivity contribution in [1.29, 1.82) is 0 Å². The Morgan fingerprint density at radius 2 is 2.29 bits per heavy atom. The fraction of sp³-hybridized carbons (Fsp3) is 0.545. The van der Waals surface area contributed by atoms with Gasteiger partial charge in [0.1, 0.15) is 0 Å². The molecular formula is C11H17N3O3. The van der Waals surface area contributed by atoms with Gasteiger partial charge in [0.25, 0.3) is 5.91 Å². The van der Waals surface area contributed by atoms with Crippen LogP contribution in [0.3, 0.4) is 0 Å². The van der Waals surface area contributed by atoms with Gasteiger partial charge in [-0.3, -0.25) is 4.79 Å². The number of carbonyl (C=O) groups is 2. The van der Waals surface area contributed by atoms with E-state index in [1.807, 2.05) is 6.92 Å². The molecule has 3 N–H and O–H groups in total. The van der Waals surface area contributed by atoms with Gasteiger partial charge < -0.3 is 15.4 Å². The highest BCUT2D eigenvalue weighted by Crippen LogP contribution is 2.05. The fourth-order valence-electron chi connectivity index (χ4n) is 1.50. The van der Waals surface area contributed by atoms with E-state index in [2.05, 4.69) is 22.2 Å². The number of rotatable bonds is 6. The number of H-pyrrole nitrogens is 1. The van der Waals surface area contributed by atoms with Crippen molar-refractivity contribution in [1.82, 2.24) is 15.3 Å². The first kappa shape index (κ1) is 13.2. The van der Waals surface area contributed by atoms with E-state index in [-0.39, 0.29) is 17.4 Å². The maximum absolute atomic E-state index is 11.7. The Morgan fingerprint density at radius 1 is 1.59 bits per heavy atom. The molecule has 1 rings (SSSR count). The summed E-state index contributed by atoms with van der Waals surface area (Å²) < 4.78 is 0. The Bertz CT molecular complexity index is 400. The molecule has 0 aromatic carbocycles. The molecule has 1 atom stereocenters. The van der Waals surface area contributed by atoms with Gasteiger partial charge in [-0.25, -0.2) is 9.78 Å². The second kappa shape index (κ2) is 6.03. The maximum atomic E-state index is 11.7. The monoisotopic (exact) mass is 239 g/mol. The average molecular weight is 239 g/mol. The highest BCUT2D eigenvalue weighted by Gasteiger charge is 2.20. The zero-order valence-corrected chi connectivity index (χ0v) is 9.99. The number of unbranched alkanes of at least 4 members (excludes halogenated alkanes) is 1. The number of amides is 1. The van der Waals surface area contributed by atoms with E-state index in [0.717, 1.165) is 19.3 Å². The molecule has 0 aliphatic heterocycles. The Labute approximate surface area is 99.4 Å². The molecule has 0 spiro atoms. The largest absolute Gasteiger partial charge is 0.477 e. The molecule has 1 unspecified atom stereocenters. The van der Waals surface area contributed by atoms with Gasteiger partial charge in [-0.15, -0.1) is 0 Å². The molecule has 1 amide bonds. The van der Waals surface area contributed by atoms with Gasteiger partial charge in [-0.1, -0.05) is 19.8 Å². The number of hydrogen-bond acceptors (Lipinski definition) is 3. The second-order valence-electron chi connectivity index (χ2n) is 3.95. The van der Waals surface area contributed by atoms with E-state index >= 15 is 0 Å². The van der Waals surface area contributed by atoms with Crippen molar-refractivity contribution in [2.45, 2.75) is 39.2 Å². The fourth-order valence-corrected chi connectivity index (χ4v) is 1.50. The Balaban J connectivity index is 2.63. The first-order valence-corrected chi connectivity index (χ1v) is 5.63. The molecule has 1 aromatic heterocycles. The summed E-state index contributed by atoms with van der Waals surface area (Å²) in [6.45, 7) is 3.96. The van der Waals surface area contributed by atoms with Gasteiger partial charge in [0.05, 0.1) is 6.33 Å². The SMILES string of the molecule is CCCCC(C)NC(=O)c1nc[nH]c1C(=O)O. The summed E-state index contributed by atoms with van der Waals surface area (Å²) in [4.78, 5) is 28.7. The molecule has 0 saturated heterocycles. The van der Waals surface area contributed by atoms with Gasteiger partial charge in [-0.2, -0.15) is 0 Å². The Morgan fingerprint density at radius 3 is 2.88 bits per heavy atom. The van der Waals surface area contributed by atoms with Crippen LogP contribution in [0.25, 0.3) is 0 Å². The van der Waals surface area contributed by atoms with Gasteiger partial charge in [0.15, 0.2) is 11.4 Å². The minimum Gasteiger partial charge on any atom is -0.477 e. The molecule has 0 fully saturated rings. The number of hydrogen-bond donors (Lipinski definition) is 3. The van der Waals surface area contributed by atoms with Gasteiger partial charge in [0.2, 0.25) is 0 Å². The van der Waals surface area contributed by atoms with Gasteiger partial charge >= 0.3 is 5.97 Å². The van der Waals surface area contributed by atoms with Crippen molar-refractivity contribution >= 4 is 11.9 Å². The van der Waals surface area contributed by atoms with E-state index < -0.39 is 11.9 Å². The first-order valence-electron chi connectivity index (χ1n) is 5.63. The summed E-state index contributed by atoms with van der Waals surface area (Å²) >= 11 is 0. The lowest BCUT2D eigenvalue weighted by Crippen LogP contribution is -2.33. The number of aromatic nitrogens is 2. The molecule has 17 heavy (non-hydrogen) atoms. The predicted molar refractivity (Wildman–Crippen MR) is 62.0 cm³/mol. The van der Waals surface area contributed by atoms with Crippen LogP contribution < -0.4 is 5.32 Å². The van der Waals surface area contributed by atoms with Crippen molar-refractivity contribution in [2.75, 3.05) is 0 Å². The highest BCUT2D eigenvalue weighted by atomic mass is 16.4. The zero-order valence-electron chi connectivity index (χ0n) is 9.99. The van der Waals surface area contributed by atoms with Crippen LogP contribution in [-0.4, -0.2) is 33.0 Å². The maximum Gasteiger partial charge on any atom is 0.354 e. The van der Waals surface area contributed by atoms with Crippen molar-refractivity contribution in [3.05, 3.63) is 17.7 Å². The normalized spacial score (nSPS) is 12.1. The average Bonchev–Trinajstić information content (AvgIpc) is 2.75. The van der Waals surface area contributed by atoms with Crippen LogP contribution in [0.1, 0.15) is 54.1 Å². The number of carboxylic acids is 1. The van der Waals surface area contributed by atoms with Crippen LogP contribution >= 0.6 is 0 Å². The number of imidazole rings is 1. The number of aromatic amines is 1. The smallest absolute Gasteiger partial charge is 0.354 e. The summed E-state index contributed by atoms with van der Waals surface area (Å²) in [7, 11) is 0. The number of nitrogens with one attached hydrogen (secondary N) is 2. The van der Waals surface area contributed by atoms with E-state index in [4.69, 9.17) is 5.11 Å². The number of nitrogens with zero attached hydrogens (tertiary/aromatic N) is 1. The molecule has 6 heteroatoms. The zero-order chi connectivity index (χ0) is 12.8. The third-order valence-corrected chi connectivity index (χ3v) is 2.44. The third kappa shape index (κ3) is 3.58. The van der Waals surface area contributed by atoms with E-state index in [1.165, 1.54) is 6.33 Å². The molecule has 1 aromatic rings.